The first-order valence-corrected chi connectivity index (χ1v) is 11.0. The minimum Gasteiger partial charge on any atom is -0.391 e. The summed E-state index contributed by atoms with van der Waals surface area (Å²) in [4.78, 5) is 8.01. The van der Waals surface area contributed by atoms with Gasteiger partial charge < -0.3 is 9.94 Å². The molecule has 0 aromatic heterocycles. The van der Waals surface area contributed by atoms with Crippen molar-refractivity contribution in [3.8, 4) is 0 Å². The number of hydrogen-bond acceptors (Lipinski definition) is 4. The first-order valence-electron chi connectivity index (χ1n) is 10.6. The van der Waals surface area contributed by atoms with Crippen LogP contribution in [0.15, 0.2) is 90.1 Å². The monoisotopic (exact) mass is 434 g/mol. The van der Waals surface area contributed by atoms with E-state index in [2.05, 4.69) is 34.3 Å². The third kappa shape index (κ3) is 6.41. The number of aliphatic hydroxyl groups excluding tert-OH is 1. The lowest BCUT2D eigenvalue weighted by Crippen LogP contribution is -2.38. The molecule has 0 fully saturated rings. The van der Waals surface area contributed by atoms with Gasteiger partial charge in [-0.2, -0.15) is 0 Å². The van der Waals surface area contributed by atoms with Crippen LogP contribution < -0.4 is 0 Å². The summed E-state index contributed by atoms with van der Waals surface area (Å²) in [6.07, 6.45) is 0.869. The van der Waals surface area contributed by atoms with Crippen molar-refractivity contribution in [3.05, 3.63) is 107 Å². The largest absolute Gasteiger partial charge is 0.391 e. The lowest BCUT2D eigenvalue weighted by molar-refractivity contribution is 0.0322. The number of halogens is 1. The number of oxime groups is 1. The number of benzene rings is 3. The van der Waals surface area contributed by atoms with E-state index in [1.807, 2.05) is 60.7 Å². The molecule has 5 heteroatoms. The van der Waals surface area contributed by atoms with Crippen molar-refractivity contribution in [1.82, 2.24) is 4.90 Å². The fourth-order valence-corrected chi connectivity index (χ4v) is 4.05. The number of hydrogen-bond donors (Lipinski definition) is 1. The Hall–Kier alpha value is -2.66. The van der Waals surface area contributed by atoms with E-state index in [0.717, 1.165) is 29.8 Å². The Morgan fingerprint density at radius 2 is 1.58 bits per heavy atom. The summed E-state index contributed by atoms with van der Waals surface area (Å²) >= 11 is 6.00. The van der Waals surface area contributed by atoms with Crippen LogP contribution in [-0.4, -0.2) is 41.0 Å². The van der Waals surface area contributed by atoms with E-state index < -0.39 is 6.10 Å². The quantitative estimate of drug-likeness (QED) is 0.519. The Morgan fingerprint density at radius 1 is 0.935 bits per heavy atom. The van der Waals surface area contributed by atoms with Crippen LogP contribution in [0.3, 0.4) is 0 Å². The molecular weight excluding hydrogens is 408 g/mol. The summed E-state index contributed by atoms with van der Waals surface area (Å²) < 4.78 is 0. The first kappa shape index (κ1) is 21.6. The first-order chi connectivity index (χ1) is 15.2. The van der Waals surface area contributed by atoms with Gasteiger partial charge in [-0.05, 0) is 35.2 Å². The maximum Gasteiger partial charge on any atom is 0.145 e. The SMILES string of the molecule is OC(Cc1ccccc1)CN(Cc1ccccc1)CC1CC(c2ccc(Cl)cc2)=NO1. The predicted molar refractivity (Wildman–Crippen MR) is 125 cm³/mol. The molecule has 0 bridgehead atoms. The molecule has 1 heterocycles. The maximum absolute atomic E-state index is 10.8. The Morgan fingerprint density at radius 3 is 2.26 bits per heavy atom. The van der Waals surface area contributed by atoms with Crippen LogP contribution in [0.2, 0.25) is 5.02 Å². The van der Waals surface area contributed by atoms with Gasteiger partial charge in [-0.15, -0.1) is 0 Å². The molecule has 160 valence electrons. The van der Waals surface area contributed by atoms with Gasteiger partial charge >= 0.3 is 0 Å². The summed E-state index contributed by atoms with van der Waals surface area (Å²) in [5, 5.41) is 15.8. The van der Waals surface area contributed by atoms with E-state index >= 15 is 0 Å². The van der Waals surface area contributed by atoms with Gasteiger partial charge in [-0.1, -0.05) is 89.6 Å². The van der Waals surface area contributed by atoms with Crippen LogP contribution in [0.5, 0.6) is 0 Å². The predicted octanol–water partition coefficient (Wildman–Crippen LogP) is 4.94. The standard InChI is InChI=1S/C26H27ClN2O2/c27-23-13-11-22(12-14-23)26-16-25(31-28-26)19-29(17-21-9-5-2-6-10-21)18-24(30)15-20-7-3-1-4-8-20/h1-14,24-25,30H,15-19H2. The molecule has 4 nitrogen and oxygen atoms in total. The minimum atomic E-state index is -0.454. The Kier molecular flexibility index (Phi) is 7.36. The van der Waals surface area contributed by atoms with Gasteiger partial charge in [0.05, 0.1) is 11.8 Å². The van der Waals surface area contributed by atoms with Gasteiger partial charge in [-0.25, -0.2) is 0 Å². The van der Waals surface area contributed by atoms with Crippen LogP contribution in [0.4, 0.5) is 0 Å². The molecule has 31 heavy (non-hydrogen) atoms. The molecule has 0 aliphatic carbocycles. The Labute approximate surface area is 188 Å². The molecule has 4 rings (SSSR count). The molecule has 1 aliphatic rings. The maximum atomic E-state index is 10.8. The second-order valence-electron chi connectivity index (χ2n) is 8.00. The average molecular weight is 435 g/mol. The van der Waals surface area contributed by atoms with Crippen molar-refractivity contribution in [2.75, 3.05) is 13.1 Å². The van der Waals surface area contributed by atoms with E-state index in [1.54, 1.807) is 0 Å². The fraction of sp³-hybridized carbons (Fsp3) is 0.269. The molecular formula is C26H27ClN2O2. The molecule has 1 aliphatic heterocycles. The summed E-state index contributed by atoms with van der Waals surface area (Å²) in [5.41, 5.74) is 4.32. The lowest BCUT2D eigenvalue weighted by atomic mass is 10.0. The van der Waals surface area contributed by atoms with Crippen molar-refractivity contribution < 1.29 is 9.94 Å². The third-order valence-corrected chi connectivity index (χ3v) is 5.66. The smallest absolute Gasteiger partial charge is 0.145 e. The van der Waals surface area contributed by atoms with E-state index in [9.17, 15) is 5.11 Å². The van der Waals surface area contributed by atoms with Gasteiger partial charge in [0.25, 0.3) is 0 Å². The Balaban J connectivity index is 1.39. The van der Waals surface area contributed by atoms with Gasteiger partial charge in [-0.3, -0.25) is 4.90 Å². The van der Waals surface area contributed by atoms with Crippen molar-refractivity contribution in [2.45, 2.75) is 31.6 Å². The second kappa shape index (κ2) is 10.6. The van der Waals surface area contributed by atoms with E-state index in [1.165, 1.54) is 5.56 Å². The fourth-order valence-electron chi connectivity index (χ4n) is 3.92. The average Bonchev–Trinajstić information content (AvgIpc) is 3.24. The van der Waals surface area contributed by atoms with Crippen LogP contribution in [0, 0.1) is 0 Å². The number of nitrogens with zero attached hydrogens (tertiary/aromatic N) is 2. The molecule has 2 unspecified atom stereocenters. The highest BCUT2D eigenvalue weighted by Gasteiger charge is 2.25. The molecule has 3 aromatic rings. The van der Waals surface area contributed by atoms with Crippen molar-refractivity contribution >= 4 is 17.3 Å². The zero-order chi connectivity index (χ0) is 21.5. The molecule has 0 saturated carbocycles. The Bertz CT molecular complexity index is 977. The number of aliphatic hydroxyl groups is 1. The normalized spacial score (nSPS) is 16.7. The van der Waals surface area contributed by atoms with E-state index in [0.29, 0.717) is 24.5 Å². The third-order valence-electron chi connectivity index (χ3n) is 5.40. The lowest BCUT2D eigenvalue weighted by Gasteiger charge is -2.27. The highest BCUT2D eigenvalue weighted by molar-refractivity contribution is 6.30. The van der Waals surface area contributed by atoms with E-state index in [4.69, 9.17) is 16.4 Å². The molecule has 0 amide bonds. The van der Waals surface area contributed by atoms with Crippen LogP contribution in [-0.2, 0) is 17.8 Å². The zero-order valence-electron chi connectivity index (χ0n) is 17.4. The van der Waals surface area contributed by atoms with Gasteiger partial charge in [0.2, 0.25) is 0 Å². The summed E-state index contributed by atoms with van der Waals surface area (Å²) in [7, 11) is 0. The van der Waals surface area contributed by atoms with Crippen LogP contribution in [0.25, 0.3) is 0 Å². The van der Waals surface area contributed by atoms with Gasteiger partial charge in [0, 0.05) is 31.1 Å². The molecule has 1 N–H and O–H groups in total. The second-order valence-corrected chi connectivity index (χ2v) is 8.44. The number of rotatable bonds is 9. The van der Waals surface area contributed by atoms with E-state index in [-0.39, 0.29) is 6.10 Å². The summed E-state index contributed by atoms with van der Waals surface area (Å²) in [6.45, 7) is 2.02. The van der Waals surface area contributed by atoms with Crippen LogP contribution >= 0.6 is 11.6 Å². The van der Waals surface area contributed by atoms with Crippen molar-refractivity contribution in [3.63, 3.8) is 0 Å². The van der Waals surface area contributed by atoms with Crippen molar-refractivity contribution in [2.24, 2.45) is 5.16 Å². The highest BCUT2D eigenvalue weighted by Crippen LogP contribution is 2.20. The molecule has 2 atom stereocenters. The zero-order valence-corrected chi connectivity index (χ0v) is 18.2. The molecule has 3 aromatic carbocycles. The van der Waals surface area contributed by atoms with Crippen molar-refractivity contribution in [1.29, 1.82) is 0 Å². The highest BCUT2D eigenvalue weighted by atomic mass is 35.5. The summed E-state index contributed by atoms with van der Waals surface area (Å²) in [5.74, 6) is 0. The molecule has 0 spiro atoms. The molecule has 0 saturated heterocycles. The topological polar surface area (TPSA) is 45.1 Å². The summed E-state index contributed by atoms with van der Waals surface area (Å²) in [6, 6.07) is 28.1. The van der Waals surface area contributed by atoms with Gasteiger partial charge in [0.1, 0.15) is 6.10 Å². The van der Waals surface area contributed by atoms with Crippen LogP contribution in [0.1, 0.15) is 23.1 Å². The molecule has 0 radical (unpaired) electrons. The minimum absolute atomic E-state index is 0.0432. The van der Waals surface area contributed by atoms with Gasteiger partial charge in [0.15, 0.2) is 0 Å².